The molecule has 0 aliphatic carbocycles. The minimum Gasteiger partial charge on any atom is -0.383 e. The zero-order chi connectivity index (χ0) is 6.95. The van der Waals surface area contributed by atoms with Crippen molar-refractivity contribution >= 4 is 0 Å². The zero-order valence-corrected chi connectivity index (χ0v) is 5.68. The average molecular weight is 128 g/mol. The van der Waals surface area contributed by atoms with Crippen LogP contribution in [0.4, 0.5) is 0 Å². The number of nitriles is 1. The van der Waals surface area contributed by atoms with Gasteiger partial charge in [0, 0.05) is 26.6 Å². The quantitative estimate of drug-likeness (QED) is 0.535. The Morgan fingerprint density at radius 3 is 2.89 bits per heavy atom. The maximum atomic E-state index is 8.10. The number of hydrogen-bond acceptors (Lipinski definition) is 3. The van der Waals surface area contributed by atoms with Gasteiger partial charge in [-0.15, -0.1) is 0 Å². The normalized spacial score (nSPS) is 8.89. The molecule has 0 aromatic heterocycles. The van der Waals surface area contributed by atoms with Gasteiger partial charge in [-0.05, 0) is 0 Å². The van der Waals surface area contributed by atoms with Crippen molar-refractivity contribution in [2.75, 3.05) is 26.8 Å². The average Bonchev–Trinajstić information content (AvgIpc) is 1.89. The van der Waals surface area contributed by atoms with Crippen LogP contribution in [0.1, 0.15) is 6.42 Å². The number of rotatable bonds is 5. The summed E-state index contributed by atoms with van der Waals surface area (Å²) in [6.07, 6.45) is 0.573. The van der Waals surface area contributed by atoms with E-state index >= 15 is 0 Å². The molecule has 0 rings (SSSR count). The minimum atomic E-state index is 0.573. The van der Waals surface area contributed by atoms with E-state index in [-0.39, 0.29) is 0 Å². The van der Waals surface area contributed by atoms with Gasteiger partial charge in [-0.3, -0.25) is 0 Å². The summed E-state index contributed by atoms with van der Waals surface area (Å²) in [6, 6.07) is 2.04. The molecule has 0 heterocycles. The SMILES string of the molecule is COCCNCCC#N. The number of nitrogens with one attached hydrogen (secondary N) is 1. The second-order valence-electron chi connectivity index (χ2n) is 1.65. The third-order valence-corrected chi connectivity index (χ3v) is 0.897. The van der Waals surface area contributed by atoms with E-state index in [1.165, 1.54) is 0 Å². The summed E-state index contributed by atoms with van der Waals surface area (Å²) >= 11 is 0. The first-order valence-corrected chi connectivity index (χ1v) is 2.98. The number of ether oxygens (including phenoxy) is 1. The van der Waals surface area contributed by atoms with Gasteiger partial charge in [0.1, 0.15) is 0 Å². The smallest absolute Gasteiger partial charge is 0.0635 e. The van der Waals surface area contributed by atoms with Crippen LogP contribution in [0.3, 0.4) is 0 Å². The Hall–Kier alpha value is -0.590. The van der Waals surface area contributed by atoms with E-state index in [2.05, 4.69) is 5.32 Å². The predicted octanol–water partition coefficient (Wildman–Crippen LogP) is 0.136. The van der Waals surface area contributed by atoms with E-state index in [1.807, 2.05) is 6.07 Å². The van der Waals surface area contributed by atoms with E-state index in [9.17, 15) is 0 Å². The van der Waals surface area contributed by atoms with Gasteiger partial charge in [-0.1, -0.05) is 0 Å². The highest BCUT2D eigenvalue weighted by molar-refractivity contribution is 4.69. The van der Waals surface area contributed by atoms with Crippen LogP contribution in [0, 0.1) is 11.3 Å². The molecule has 0 spiro atoms. The topological polar surface area (TPSA) is 45.0 Å². The standard InChI is InChI=1S/C6H12N2O/c1-9-6-5-8-4-2-3-7/h8H,2,4-6H2,1H3. The zero-order valence-electron chi connectivity index (χ0n) is 5.68. The molecule has 0 atom stereocenters. The molecule has 52 valence electrons. The van der Waals surface area contributed by atoms with Gasteiger partial charge in [0.15, 0.2) is 0 Å². The van der Waals surface area contributed by atoms with Gasteiger partial charge in [0.05, 0.1) is 12.7 Å². The molecule has 0 aromatic rings. The molecule has 0 aliphatic heterocycles. The molecule has 0 aliphatic rings. The molecule has 0 unspecified atom stereocenters. The van der Waals surface area contributed by atoms with Gasteiger partial charge in [-0.2, -0.15) is 5.26 Å². The first-order chi connectivity index (χ1) is 4.41. The van der Waals surface area contributed by atoms with Crippen molar-refractivity contribution in [1.29, 1.82) is 5.26 Å². The van der Waals surface area contributed by atoms with E-state index in [4.69, 9.17) is 10.00 Å². The summed E-state index contributed by atoms with van der Waals surface area (Å²) in [5.74, 6) is 0. The lowest BCUT2D eigenvalue weighted by Crippen LogP contribution is -2.19. The van der Waals surface area contributed by atoms with Crippen LogP contribution < -0.4 is 5.32 Å². The molecule has 1 N–H and O–H groups in total. The second-order valence-corrected chi connectivity index (χ2v) is 1.65. The molecule has 9 heavy (non-hydrogen) atoms. The number of methoxy groups -OCH3 is 1. The minimum absolute atomic E-state index is 0.573. The molecule has 0 saturated carbocycles. The maximum absolute atomic E-state index is 8.10. The van der Waals surface area contributed by atoms with Crippen LogP contribution in [0.2, 0.25) is 0 Å². The van der Waals surface area contributed by atoms with Crippen molar-refractivity contribution in [2.24, 2.45) is 0 Å². The van der Waals surface area contributed by atoms with Crippen molar-refractivity contribution < 1.29 is 4.74 Å². The highest BCUT2D eigenvalue weighted by Crippen LogP contribution is 1.69. The van der Waals surface area contributed by atoms with Crippen molar-refractivity contribution in [3.05, 3.63) is 0 Å². The van der Waals surface area contributed by atoms with Crippen LogP contribution in [0.25, 0.3) is 0 Å². The van der Waals surface area contributed by atoms with E-state index < -0.39 is 0 Å². The number of hydrogen-bond donors (Lipinski definition) is 1. The van der Waals surface area contributed by atoms with Crippen LogP contribution >= 0.6 is 0 Å². The van der Waals surface area contributed by atoms with Crippen molar-refractivity contribution in [2.45, 2.75) is 6.42 Å². The largest absolute Gasteiger partial charge is 0.383 e. The molecule has 0 amide bonds. The monoisotopic (exact) mass is 128 g/mol. The van der Waals surface area contributed by atoms with Crippen LogP contribution in [0.5, 0.6) is 0 Å². The maximum Gasteiger partial charge on any atom is 0.0635 e. The van der Waals surface area contributed by atoms with Crippen LogP contribution in [0.15, 0.2) is 0 Å². The fourth-order valence-electron chi connectivity index (χ4n) is 0.444. The highest BCUT2D eigenvalue weighted by atomic mass is 16.5. The van der Waals surface area contributed by atoms with Gasteiger partial charge >= 0.3 is 0 Å². The summed E-state index contributed by atoms with van der Waals surface area (Å²) in [5.41, 5.74) is 0. The van der Waals surface area contributed by atoms with Gasteiger partial charge in [0.25, 0.3) is 0 Å². The Bertz CT molecular complexity index is 87.5. The van der Waals surface area contributed by atoms with Crippen LogP contribution in [-0.2, 0) is 4.74 Å². The summed E-state index contributed by atoms with van der Waals surface area (Å²) in [7, 11) is 1.66. The molecule has 0 radical (unpaired) electrons. The number of nitrogens with zero attached hydrogens (tertiary/aromatic N) is 1. The van der Waals surface area contributed by atoms with E-state index in [1.54, 1.807) is 7.11 Å². The summed E-state index contributed by atoms with van der Waals surface area (Å²) < 4.78 is 4.78. The fraction of sp³-hybridized carbons (Fsp3) is 0.833. The summed E-state index contributed by atoms with van der Waals surface area (Å²) in [5, 5.41) is 11.1. The lowest BCUT2D eigenvalue weighted by Gasteiger charge is -1.98. The van der Waals surface area contributed by atoms with Crippen LogP contribution in [-0.4, -0.2) is 26.8 Å². The summed E-state index contributed by atoms with van der Waals surface area (Å²) in [6.45, 7) is 2.31. The Morgan fingerprint density at radius 1 is 1.56 bits per heavy atom. The molecule has 3 nitrogen and oxygen atoms in total. The van der Waals surface area contributed by atoms with Gasteiger partial charge in [0.2, 0.25) is 0 Å². The Morgan fingerprint density at radius 2 is 2.33 bits per heavy atom. The Labute approximate surface area is 55.6 Å². The summed E-state index contributed by atoms with van der Waals surface area (Å²) in [4.78, 5) is 0. The lowest BCUT2D eigenvalue weighted by molar-refractivity contribution is 0.200. The third kappa shape index (κ3) is 7.41. The molecule has 0 aromatic carbocycles. The Kier molecular flexibility index (Phi) is 6.92. The first kappa shape index (κ1) is 8.41. The molecular weight excluding hydrogens is 116 g/mol. The predicted molar refractivity (Wildman–Crippen MR) is 35.0 cm³/mol. The van der Waals surface area contributed by atoms with Crippen molar-refractivity contribution in [3.63, 3.8) is 0 Å². The molecule has 0 saturated heterocycles. The first-order valence-electron chi connectivity index (χ1n) is 2.98. The molecule has 0 bridgehead atoms. The Balaban J connectivity index is 2.69. The van der Waals surface area contributed by atoms with Crippen molar-refractivity contribution in [3.8, 4) is 6.07 Å². The highest BCUT2D eigenvalue weighted by Gasteiger charge is 1.83. The third-order valence-electron chi connectivity index (χ3n) is 0.897. The fourth-order valence-corrected chi connectivity index (χ4v) is 0.444. The van der Waals surface area contributed by atoms with Crippen molar-refractivity contribution in [1.82, 2.24) is 5.32 Å². The molecular formula is C6H12N2O. The second kappa shape index (κ2) is 7.41. The van der Waals surface area contributed by atoms with E-state index in [0.717, 1.165) is 13.1 Å². The lowest BCUT2D eigenvalue weighted by atomic mass is 10.4. The molecule has 3 heteroatoms. The van der Waals surface area contributed by atoms with Gasteiger partial charge in [-0.25, -0.2) is 0 Å². The van der Waals surface area contributed by atoms with Gasteiger partial charge < -0.3 is 10.1 Å². The molecule has 0 fully saturated rings. The van der Waals surface area contributed by atoms with E-state index in [0.29, 0.717) is 13.0 Å².